The van der Waals surface area contributed by atoms with Gasteiger partial charge in [0.15, 0.2) is 5.78 Å². The molecule has 2 atom stereocenters. The zero-order chi connectivity index (χ0) is 21.6. The molecule has 2 aromatic rings. The molecule has 0 radical (unpaired) electrons. The molecule has 4 rings (SSSR count). The lowest BCUT2D eigenvalue weighted by Gasteiger charge is -2.44. The van der Waals surface area contributed by atoms with Crippen LogP contribution in [0.1, 0.15) is 47.3 Å². The number of nitrogens with zero attached hydrogens (tertiary/aromatic N) is 2. The third kappa shape index (κ3) is 5.24. The van der Waals surface area contributed by atoms with E-state index >= 15 is 0 Å². The van der Waals surface area contributed by atoms with E-state index < -0.39 is 0 Å². The molecule has 2 saturated heterocycles. The van der Waals surface area contributed by atoms with E-state index in [1.165, 1.54) is 11.1 Å². The summed E-state index contributed by atoms with van der Waals surface area (Å²) >= 11 is 0. The highest BCUT2D eigenvalue weighted by atomic mass is 16.5. The molecule has 0 saturated carbocycles. The zero-order valence-corrected chi connectivity index (χ0v) is 18.7. The first-order valence-corrected chi connectivity index (χ1v) is 11.5. The van der Waals surface area contributed by atoms with E-state index in [-0.39, 0.29) is 17.9 Å². The second-order valence-corrected chi connectivity index (χ2v) is 8.74. The quantitative estimate of drug-likeness (QED) is 0.636. The summed E-state index contributed by atoms with van der Waals surface area (Å²) in [7, 11) is 0. The molecule has 0 amide bonds. The third-order valence-corrected chi connectivity index (χ3v) is 6.45. The number of ketones is 1. The van der Waals surface area contributed by atoms with Gasteiger partial charge in [-0.3, -0.25) is 14.6 Å². The number of carbonyl (C=O) groups excluding carboxylic acids is 1. The second-order valence-electron chi connectivity index (χ2n) is 8.74. The molecule has 0 bridgehead atoms. The van der Waals surface area contributed by atoms with Gasteiger partial charge >= 0.3 is 0 Å². The van der Waals surface area contributed by atoms with Crippen LogP contribution >= 0.6 is 0 Å². The lowest BCUT2D eigenvalue weighted by atomic mass is 9.88. The molecule has 31 heavy (non-hydrogen) atoms. The van der Waals surface area contributed by atoms with Crippen LogP contribution in [0.3, 0.4) is 0 Å². The normalized spacial score (nSPS) is 20.5. The standard InChI is InChI=1S/C26H34N2O3/c1-20(2)21-8-10-22(11-9-21)24(27-12-16-30-17-13-27)25(28-14-18-31-19-15-28)26(29)23-6-4-3-5-7-23/h3-11,20,24-25H,12-19H2,1-2H3/t24-,25+/m1/s1. The molecule has 2 aromatic carbocycles. The van der Waals surface area contributed by atoms with Gasteiger partial charge in [-0.2, -0.15) is 0 Å². The van der Waals surface area contributed by atoms with Gasteiger partial charge in [0.05, 0.1) is 38.5 Å². The maximum absolute atomic E-state index is 13.9. The third-order valence-electron chi connectivity index (χ3n) is 6.45. The highest BCUT2D eigenvalue weighted by molar-refractivity contribution is 6.00. The van der Waals surface area contributed by atoms with Crippen LogP contribution in [0.15, 0.2) is 54.6 Å². The lowest BCUT2D eigenvalue weighted by molar-refractivity contribution is -0.0301. The van der Waals surface area contributed by atoms with Crippen molar-refractivity contribution in [3.63, 3.8) is 0 Å². The number of carbonyl (C=O) groups is 1. The van der Waals surface area contributed by atoms with Crippen LogP contribution in [0.4, 0.5) is 0 Å². The van der Waals surface area contributed by atoms with E-state index in [1.807, 2.05) is 30.3 Å². The Labute approximate surface area is 185 Å². The Morgan fingerprint density at radius 1 is 0.742 bits per heavy atom. The minimum absolute atomic E-state index is 0.0177. The lowest BCUT2D eigenvalue weighted by Crippen LogP contribution is -2.55. The van der Waals surface area contributed by atoms with Crippen molar-refractivity contribution in [2.75, 3.05) is 52.6 Å². The monoisotopic (exact) mass is 422 g/mol. The van der Waals surface area contributed by atoms with Crippen LogP contribution in [0.25, 0.3) is 0 Å². The summed E-state index contributed by atoms with van der Waals surface area (Å²) < 4.78 is 11.3. The molecule has 5 nitrogen and oxygen atoms in total. The Kier molecular flexibility index (Phi) is 7.51. The molecule has 2 aliphatic rings. The summed E-state index contributed by atoms with van der Waals surface area (Å²) in [6, 6.07) is 18.4. The van der Waals surface area contributed by atoms with Crippen molar-refractivity contribution in [2.24, 2.45) is 0 Å². The first kappa shape index (κ1) is 22.2. The number of hydrogen-bond acceptors (Lipinski definition) is 5. The molecule has 2 fully saturated rings. The smallest absolute Gasteiger partial charge is 0.181 e. The Balaban J connectivity index is 1.75. The first-order chi connectivity index (χ1) is 15.1. The number of morpholine rings is 2. The van der Waals surface area contributed by atoms with Crippen molar-refractivity contribution in [3.05, 3.63) is 71.3 Å². The number of hydrogen-bond donors (Lipinski definition) is 0. The number of benzene rings is 2. The molecule has 0 aromatic heterocycles. The predicted molar refractivity (Wildman–Crippen MR) is 123 cm³/mol. The van der Waals surface area contributed by atoms with E-state index in [2.05, 4.69) is 47.9 Å². The van der Waals surface area contributed by atoms with Crippen molar-refractivity contribution in [1.29, 1.82) is 0 Å². The molecule has 0 N–H and O–H groups in total. The van der Waals surface area contributed by atoms with Gasteiger partial charge in [-0.05, 0) is 17.0 Å². The van der Waals surface area contributed by atoms with Gasteiger partial charge < -0.3 is 9.47 Å². The van der Waals surface area contributed by atoms with E-state index in [0.717, 1.165) is 31.7 Å². The van der Waals surface area contributed by atoms with E-state index in [0.29, 0.717) is 32.3 Å². The van der Waals surface area contributed by atoms with Crippen molar-refractivity contribution in [3.8, 4) is 0 Å². The molecule has 0 aliphatic carbocycles. The minimum Gasteiger partial charge on any atom is -0.379 e. The Bertz CT molecular complexity index is 825. The fourth-order valence-corrected chi connectivity index (χ4v) is 4.66. The van der Waals surface area contributed by atoms with Gasteiger partial charge in [0.1, 0.15) is 0 Å². The molecular formula is C26H34N2O3. The minimum atomic E-state index is -0.255. The molecular weight excluding hydrogens is 388 g/mol. The fourth-order valence-electron chi connectivity index (χ4n) is 4.66. The van der Waals surface area contributed by atoms with E-state index in [1.54, 1.807) is 0 Å². The van der Waals surface area contributed by atoms with Crippen LogP contribution in [0, 0.1) is 0 Å². The van der Waals surface area contributed by atoms with Gasteiger partial charge in [-0.25, -0.2) is 0 Å². The zero-order valence-electron chi connectivity index (χ0n) is 18.7. The molecule has 2 aliphatic heterocycles. The van der Waals surface area contributed by atoms with Gasteiger partial charge in [0.2, 0.25) is 0 Å². The Morgan fingerprint density at radius 3 is 1.81 bits per heavy atom. The van der Waals surface area contributed by atoms with Gasteiger partial charge in [-0.1, -0.05) is 68.4 Å². The molecule has 2 heterocycles. The maximum Gasteiger partial charge on any atom is 0.181 e. The number of rotatable bonds is 7. The topological polar surface area (TPSA) is 42.0 Å². The van der Waals surface area contributed by atoms with Gasteiger partial charge in [0, 0.05) is 31.7 Å². The van der Waals surface area contributed by atoms with Crippen LogP contribution < -0.4 is 0 Å². The van der Waals surface area contributed by atoms with Crippen molar-refractivity contribution in [1.82, 2.24) is 9.80 Å². The summed E-state index contributed by atoms with van der Waals surface area (Å²) in [5.41, 5.74) is 3.30. The fraction of sp³-hybridized carbons (Fsp3) is 0.500. The van der Waals surface area contributed by atoms with E-state index in [9.17, 15) is 4.79 Å². The Hall–Kier alpha value is -2.05. The molecule has 0 unspecified atom stereocenters. The first-order valence-electron chi connectivity index (χ1n) is 11.5. The number of ether oxygens (including phenoxy) is 2. The van der Waals surface area contributed by atoms with Crippen LogP contribution in [0.2, 0.25) is 0 Å². The Morgan fingerprint density at radius 2 is 1.26 bits per heavy atom. The van der Waals surface area contributed by atoms with Gasteiger partial charge in [-0.15, -0.1) is 0 Å². The average Bonchev–Trinajstić information content (AvgIpc) is 2.84. The average molecular weight is 423 g/mol. The van der Waals surface area contributed by atoms with E-state index in [4.69, 9.17) is 9.47 Å². The SMILES string of the molecule is CC(C)c1ccc([C@H]([C@@H](C(=O)c2ccccc2)N2CCOCC2)N2CCOCC2)cc1. The summed E-state index contributed by atoms with van der Waals surface area (Å²) in [6.07, 6.45) is 0. The highest BCUT2D eigenvalue weighted by Crippen LogP contribution is 2.32. The molecule has 0 spiro atoms. The van der Waals surface area contributed by atoms with Crippen LogP contribution in [-0.4, -0.2) is 74.2 Å². The maximum atomic E-state index is 13.9. The van der Waals surface area contributed by atoms with Crippen molar-refractivity contribution in [2.45, 2.75) is 31.8 Å². The van der Waals surface area contributed by atoms with Crippen LogP contribution in [-0.2, 0) is 9.47 Å². The molecule has 166 valence electrons. The predicted octanol–water partition coefficient (Wildman–Crippen LogP) is 3.77. The van der Waals surface area contributed by atoms with Crippen LogP contribution in [0.5, 0.6) is 0 Å². The summed E-state index contributed by atoms with van der Waals surface area (Å²) in [6.45, 7) is 10.4. The number of Topliss-reactive ketones (excluding diaryl/α,β-unsaturated/α-hetero) is 1. The van der Waals surface area contributed by atoms with Crippen molar-refractivity contribution < 1.29 is 14.3 Å². The highest BCUT2D eigenvalue weighted by Gasteiger charge is 2.39. The largest absolute Gasteiger partial charge is 0.379 e. The molecule has 5 heteroatoms. The van der Waals surface area contributed by atoms with Gasteiger partial charge in [0.25, 0.3) is 0 Å². The summed E-state index contributed by atoms with van der Waals surface area (Å²) in [4.78, 5) is 18.7. The second kappa shape index (κ2) is 10.5. The summed E-state index contributed by atoms with van der Waals surface area (Å²) in [5, 5.41) is 0. The summed E-state index contributed by atoms with van der Waals surface area (Å²) in [5.74, 6) is 0.670. The van der Waals surface area contributed by atoms with Crippen molar-refractivity contribution >= 4 is 5.78 Å².